The molecule has 1 heterocycles. The van der Waals surface area contributed by atoms with Crippen molar-refractivity contribution in [2.75, 3.05) is 37.4 Å². The standard InChI is InChI=1S/C13H24N4O/c1-10(2)9-18-7-5-6-15-13-8-12(14-4)16-11(3)17-13/h8,10H,5-7,9H2,1-4H3,(H2,14,15,16,17). The van der Waals surface area contributed by atoms with Gasteiger partial charge in [0.1, 0.15) is 17.5 Å². The Labute approximate surface area is 109 Å². The monoisotopic (exact) mass is 252 g/mol. The molecule has 5 heteroatoms. The van der Waals surface area contributed by atoms with E-state index in [1.165, 1.54) is 0 Å². The summed E-state index contributed by atoms with van der Waals surface area (Å²) in [7, 11) is 1.85. The summed E-state index contributed by atoms with van der Waals surface area (Å²) in [6.07, 6.45) is 0.977. The van der Waals surface area contributed by atoms with Gasteiger partial charge in [-0.1, -0.05) is 13.8 Å². The van der Waals surface area contributed by atoms with Crippen LogP contribution in [0.3, 0.4) is 0 Å². The van der Waals surface area contributed by atoms with E-state index in [0.29, 0.717) is 5.92 Å². The quantitative estimate of drug-likeness (QED) is 0.695. The van der Waals surface area contributed by atoms with Gasteiger partial charge in [-0.05, 0) is 19.3 Å². The van der Waals surface area contributed by atoms with Gasteiger partial charge in [0.2, 0.25) is 0 Å². The Kier molecular flexibility index (Phi) is 6.43. The first kappa shape index (κ1) is 14.7. The fourth-order valence-corrected chi connectivity index (χ4v) is 1.50. The first-order valence-corrected chi connectivity index (χ1v) is 6.47. The Bertz CT molecular complexity index is 355. The lowest BCUT2D eigenvalue weighted by Crippen LogP contribution is -2.10. The SMILES string of the molecule is CNc1cc(NCCCOCC(C)C)nc(C)n1. The topological polar surface area (TPSA) is 59.1 Å². The fourth-order valence-electron chi connectivity index (χ4n) is 1.50. The number of aryl methyl sites for hydroxylation is 1. The zero-order chi connectivity index (χ0) is 13.4. The maximum absolute atomic E-state index is 5.52. The summed E-state index contributed by atoms with van der Waals surface area (Å²) >= 11 is 0. The van der Waals surface area contributed by atoms with Crippen LogP contribution < -0.4 is 10.6 Å². The molecule has 0 saturated carbocycles. The summed E-state index contributed by atoms with van der Waals surface area (Å²) in [5.74, 6) is 3.05. The summed E-state index contributed by atoms with van der Waals surface area (Å²) in [4.78, 5) is 8.57. The number of nitrogens with zero attached hydrogens (tertiary/aromatic N) is 2. The van der Waals surface area contributed by atoms with E-state index >= 15 is 0 Å². The van der Waals surface area contributed by atoms with Crippen LogP contribution >= 0.6 is 0 Å². The molecule has 0 atom stereocenters. The predicted octanol–water partition coefficient (Wildman–Crippen LogP) is 2.30. The van der Waals surface area contributed by atoms with E-state index in [9.17, 15) is 0 Å². The molecule has 0 bridgehead atoms. The molecule has 0 saturated heterocycles. The normalized spacial score (nSPS) is 10.7. The molecule has 0 spiro atoms. The largest absolute Gasteiger partial charge is 0.381 e. The van der Waals surface area contributed by atoms with Crippen molar-refractivity contribution < 1.29 is 4.74 Å². The van der Waals surface area contributed by atoms with E-state index in [2.05, 4.69) is 34.4 Å². The van der Waals surface area contributed by atoms with Gasteiger partial charge in [0.25, 0.3) is 0 Å². The Morgan fingerprint density at radius 2 is 2.00 bits per heavy atom. The van der Waals surface area contributed by atoms with Gasteiger partial charge >= 0.3 is 0 Å². The van der Waals surface area contributed by atoms with E-state index in [1.807, 2.05) is 20.0 Å². The number of hydrogen-bond acceptors (Lipinski definition) is 5. The van der Waals surface area contributed by atoms with Gasteiger partial charge in [0.05, 0.1) is 0 Å². The molecule has 1 aromatic heterocycles. The average molecular weight is 252 g/mol. The van der Waals surface area contributed by atoms with Crippen LogP contribution in [0, 0.1) is 12.8 Å². The molecular weight excluding hydrogens is 228 g/mol. The van der Waals surface area contributed by atoms with Crippen molar-refractivity contribution in [3.05, 3.63) is 11.9 Å². The van der Waals surface area contributed by atoms with Crippen LogP contribution in [0.25, 0.3) is 0 Å². The average Bonchev–Trinajstić information content (AvgIpc) is 2.32. The molecule has 0 aliphatic rings. The van der Waals surface area contributed by atoms with Gasteiger partial charge in [-0.25, -0.2) is 9.97 Å². The maximum atomic E-state index is 5.52. The van der Waals surface area contributed by atoms with Crippen molar-refractivity contribution >= 4 is 11.6 Å². The Morgan fingerprint density at radius 3 is 2.67 bits per heavy atom. The van der Waals surface area contributed by atoms with Gasteiger partial charge in [-0.3, -0.25) is 0 Å². The molecule has 0 aliphatic carbocycles. The van der Waals surface area contributed by atoms with Crippen LogP contribution in [0.2, 0.25) is 0 Å². The highest BCUT2D eigenvalue weighted by molar-refractivity contribution is 5.46. The second-order valence-corrected chi connectivity index (χ2v) is 4.68. The molecule has 0 amide bonds. The smallest absolute Gasteiger partial charge is 0.131 e. The molecule has 102 valence electrons. The van der Waals surface area contributed by atoms with Crippen molar-refractivity contribution in [1.82, 2.24) is 9.97 Å². The molecule has 0 aromatic carbocycles. The van der Waals surface area contributed by atoms with Gasteiger partial charge in [0.15, 0.2) is 0 Å². The zero-order valence-corrected chi connectivity index (χ0v) is 11.8. The highest BCUT2D eigenvalue weighted by Crippen LogP contribution is 2.10. The molecule has 0 radical (unpaired) electrons. The molecule has 18 heavy (non-hydrogen) atoms. The first-order chi connectivity index (χ1) is 8.61. The van der Waals surface area contributed by atoms with Gasteiger partial charge in [0, 0.05) is 32.9 Å². The molecule has 0 aliphatic heterocycles. The van der Waals surface area contributed by atoms with Crippen molar-refractivity contribution in [2.45, 2.75) is 27.2 Å². The summed E-state index contributed by atoms with van der Waals surface area (Å²) in [6, 6.07) is 1.90. The number of ether oxygens (including phenoxy) is 1. The molecule has 2 N–H and O–H groups in total. The number of hydrogen-bond donors (Lipinski definition) is 2. The molecule has 0 unspecified atom stereocenters. The number of anilines is 2. The minimum atomic E-state index is 0.598. The second kappa shape index (κ2) is 7.87. The Hall–Kier alpha value is -1.36. The van der Waals surface area contributed by atoms with Gasteiger partial charge in [-0.2, -0.15) is 0 Å². The number of rotatable bonds is 8. The van der Waals surface area contributed by atoms with Crippen LogP contribution in [0.5, 0.6) is 0 Å². The van der Waals surface area contributed by atoms with E-state index in [1.54, 1.807) is 0 Å². The maximum Gasteiger partial charge on any atom is 0.131 e. The van der Waals surface area contributed by atoms with E-state index in [-0.39, 0.29) is 0 Å². The van der Waals surface area contributed by atoms with Gasteiger partial charge < -0.3 is 15.4 Å². The highest BCUT2D eigenvalue weighted by Gasteiger charge is 2.00. The van der Waals surface area contributed by atoms with Crippen molar-refractivity contribution in [3.63, 3.8) is 0 Å². The first-order valence-electron chi connectivity index (χ1n) is 6.47. The van der Waals surface area contributed by atoms with Crippen LogP contribution in [0.1, 0.15) is 26.1 Å². The van der Waals surface area contributed by atoms with Gasteiger partial charge in [-0.15, -0.1) is 0 Å². The number of nitrogens with one attached hydrogen (secondary N) is 2. The number of aromatic nitrogens is 2. The zero-order valence-electron chi connectivity index (χ0n) is 11.8. The van der Waals surface area contributed by atoms with E-state index in [4.69, 9.17) is 4.74 Å². The summed E-state index contributed by atoms with van der Waals surface area (Å²) in [6.45, 7) is 8.67. The van der Waals surface area contributed by atoms with Crippen LogP contribution in [-0.4, -0.2) is 36.8 Å². The Balaban J connectivity index is 2.24. The third-order valence-corrected chi connectivity index (χ3v) is 2.32. The van der Waals surface area contributed by atoms with E-state index in [0.717, 1.165) is 43.6 Å². The van der Waals surface area contributed by atoms with Crippen molar-refractivity contribution in [2.24, 2.45) is 5.92 Å². The second-order valence-electron chi connectivity index (χ2n) is 4.68. The Morgan fingerprint density at radius 1 is 1.28 bits per heavy atom. The molecule has 0 fully saturated rings. The molecule has 5 nitrogen and oxygen atoms in total. The summed E-state index contributed by atoms with van der Waals surface area (Å²) < 4.78 is 5.52. The van der Waals surface area contributed by atoms with E-state index < -0.39 is 0 Å². The molecular formula is C13H24N4O. The van der Waals surface area contributed by atoms with Crippen LogP contribution in [0.15, 0.2) is 6.07 Å². The third kappa shape index (κ3) is 5.82. The minimum Gasteiger partial charge on any atom is -0.381 e. The molecule has 1 rings (SSSR count). The minimum absolute atomic E-state index is 0.598. The van der Waals surface area contributed by atoms with Crippen LogP contribution in [-0.2, 0) is 4.74 Å². The predicted molar refractivity (Wildman–Crippen MR) is 75.1 cm³/mol. The fraction of sp³-hybridized carbons (Fsp3) is 0.692. The summed E-state index contributed by atoms with van der Waals surface area (Å²) in [5, 5.41) is 6.29. The lowest BCUT2D eigenvalue weighted by atomic mass is 10.2. The summed E-state index contributed by atoms with van der Waals surface area (Å²) in [5.41, 5.74) is 0. The van der Waals surface area contributed by atoms with Crippen molar-refractivity contribution in [1.29, 1.82) is 0 Å². The van der Waals surface area contributed by atoms with Crippen molar-refractivity contribution in [3.8, 4) is 0 Å². The molecule has 1 aromatic rings. The lowest BCUT2D eigenvalue weighted by molar-refractivity contribution is 0.110. The van der Waals surface area contributed by atoms with Crippen LogP contribution in [0.4, 0.5) is 11.6 Å². The lowest BCUT2D eigenvalue weighted by Gasteiger charge is -2.09. The third-order valence-electron chi connectivity index (χ3n) is 2.32. The highest BCUT2D eigenvalue weighted by atomic mass is 16.5.